The Labute approximate surface area is 105 Å². The van der Waals surface area contributed by atoms with Gasteiger partial charge in [0.1, 0.15) is 5.82 Å². The van der Waals surface area contributed by atoms with Gasteiger partial charge in [-0.25, -0.2) is 4.39 Å². The Hall–Kier alpha value is -0.450. The fourth-order valence-corrected chi connectivity index (χ4v) is 1.90. The third kappa shape index (κ3) is 5.05. The summed E-state index contributed by atoms with van der Waals surface area (Å²) in [7, 11) is 4.13. The van der Waals surface area contributed by atoms with Crippen LogP contribution in [0.3, 0.4) is 0 Å². The van der Waals surface area contributed by atoms with E-state index < -0.39 is 0 Å². The molecule has 0 amide bonds. The molecule has 2 nitrogen and oxygen atoms in total. The molecule has 0 bridgehead atoms. The van der Waals surface area contributed by atoms with E-state index in [1.807, 2.05) is 0 Å². The van der Waals surface area contributed by atoms with Crippen LogP contribution in [0.15, 0.2) is 22.7 Å². The van der Waals surface area contributed by atoms with Gasteiger partial charge in [-0.3, -0.25) is 0 Å². The van der Waals surface area contributed by atoms with Crippen molar-refractivity contribution in [1.29, 1.82) is 0 Å². The molecular weight excluding hydrogens is 271 g/mol. The van der Waals surface area contributed by atoms with E-state index in [0.29, 0.717) is 0 Å². The second-order valence-electron chi connectivity index (χ2n) is 4.07. The average Bonchev–Trinajstić information content (AvgIpc) is 2.20. The molecule has 0 unspecified atom stereocenters. The van der Waals surface area contributed by atoms with Crippen LogP contribution in [-0.2, 0) is 6.54 Å². The van der Waals surface area contributed by atoms with Gasteiger partial charge in [0.15, 0.2) is 0 Å². The molecule has 0 radical (unpaired) electrons. The molecule has 0 aromatic heterocycles. The minimum atomic E-state index is -0.205. The minimum Gasteiger partial charge on any atom is -0.313 e. The van der Waals surface area contributed by atoms with E-state index in [1.165, 1.54) is 12.1 Å². The first-order chi connectivity index (χ1) is 7.59. The molecule has 0 saturated heterocycles. The van der Waals surface area contributed by atoms with Crippen molar-refractivity contribution in [2.45, 2.75) is 13.0 Å². The third-order valence-electron chi connectivity index (χ3n) is 2.29. The van der Waals surface area contributed by atoms with Crippen molar-refractivity contribution in [3.05, 3.63) is 34.1 Å². The minimum absolute atomic E-state index is 0.205. The molecule has 16 heavy (non-hydrogen) atoms. The zero-order valence-electron chi connectivity index (χ0n) is 9.76. The summed E-state index contributed by atoms with van der Waals surface area (Å²) in [5, 5.41) is 3.34. The quantitative estimate of drug-likeness (QED) is 0.810. The van der Waals surface area contributed by atoms with Crippen LogP contribution in [0, 0.1) is 5.82 Å². The lowest BCUT2D eigenvalue weighted by Gasteiger charge is -2.10. The predicted molar refractivity (Wildman–Crippen MR) is 69.0 cm³/mol. The van der Waals surface area contributed by atoms with Gasteiger partial charge in [-0.1, -0.05) is 22.0 Å². The van der Waals surface area contributed by atoms with E-state index in [0.717, 1.165) is 36.1 Å². The molecule has 0 fully saturated rings. The van der Waals surface area contributed by atoms with Gasteiger partial charge < -0.3 is 10.2 Å². The Bertz CT molecular complexity index is 329. The normalized spacial score (nSPS) is 11.1. The van der Waals surface area contributed by atoms with Crippen LogP contribution in [-0.4, -0.2) is 32.1 Å². The number of nitrogens with zero attached hydrogens (tertiary/aromatic N) is 1. The van der Waals surface area contributed by atoms with E-state index in [2.05, 4.69) is 40.2 Å². The Balaban J connectivity index is 2.27. The Morgan fingerprint density at radius 1 is 1.38 bits per heavy atom. The first-order valence-electron chi connectivity index (χ1n) is 5.39. The molecule has 0 aliphatic carbocycles. The fourth-order valence-electron chi connectivity index (χ4n) is 1.41. The second-order valence-corrected chi connectivity index (χ2v) is 4.92. The van der Waals surface area contributed by atoms with Crippen molar-refractivity contribution in [3.63, 3.8) is 0 Å². The Morgan fingerprint density at radius 2 is 2.12 bits per heavy atom. The molecule has 1 aromatic rings. The highest BCUT2D eigenvalue weighted by Gasteiger charge is 2.00. The maximum atomic E-state index is 12.8. The summed E-state index contributed by atoms with van der Waals surface area (Å²) in [5.74, 6) is -0.205. The van der Waals surface area contributed by atoms with Gasteiger partial charge in [0.25, 0.3) is 0 Å². The smallest absolute Gasteiger partial charge is 0.124 e. The molecule has 4 heteroatoms. The van der Waals surface area contributed by atoms with Crippen molar-refractivity contribution >= 4 is 15.9 Å². The highest BCUT2D eigenvalue weighted by molar-refractivity contribution is 9.10. The van der Waals surface area contributed by atoms with Crippen LogP contribution in [0.1, 0.15) is 12.0 Å². The average molecular weight is 289 g/mol. The number of halogens is 2. The number of hydrogen-bond donors (Lipinski definition) is 1. The van der Waals surface area contributed by atoms with E-state index in [4.69, 9.17) is 0 Å². The topological polar surface area (TPSA) is 15.3 Å². The van der Waals surface area contributed by atoms with Crippen molar-refractivity contribution in [1.82, 2.24) is 10.2 Å². The van der Waals surface area contributed by atoms with E-state index in [9.17, 15) is 4.39 Å². The first kappa shape index (κ1) is 13.6. The van der Waals surface area contributed by atoms with Gasteiger partial charge in [-0.2, -0.15) is 0 Å². The van der Waals surface area contributed by atoms with E-state index in [1.54, 1.807) is 6.07 Å². The monoisotopic (exact) mass is 288 g/mol. The summed E-state index contributed by atoms with van der Waals surface area (Å²) >= 11 is 3.35. The highest BCUT2D eigenvalue weighted by atomic mass is 79.9. The van der Waals surface area contributed by atoms with Crippen molar-refractivity contribution in [2.24, 2.45) is 0 Å². The molecule has 0 aliphatic heterocycles. The lowest BCUT2D eigenvalue weighted by Crippen LogP contribution is -2.21. The lowest BCUT2D eigenvalue weighted by molar-refractivity contribution is 0.394. The lowest BCUT2D eigenvalue weighted by atomic mass is 10.2. The van der Waals surface area contributed by atoms with E-state index >= 15 is 0 Å². The maximum Gasteiger partial charge on any atom is 0.124 e. The van der Waals surface area contributed by atoms with Crippen LogP contribution in [0.2, 0.25) is 0 Å². The van der Waals surface area contributed by atoms with Crippen LogP contribution in [0.25, 0.3) is 0 Å². The summed E-state index contributed by atoms with van der Waals surface area (Å²) in [6.07, 6.45) is 1.12. The van der Waals surface area contributed by atoms with Crippen molar-refractivity contribution in [3.8, 4) is 0 Å². The number of nitrogens with one attached hydrogen (secondary N) is 1. The number of benzene rings is 1. The van der Waals surface area contributed by atoms with Crippen LogP contribution in [0.5, 0.6) is 0 Å². The molecule has 1 rings (SSSR count). The molecule has 0 heterocycles. The molecule has 0 aliphatic rings. The predicted octanol–water partition coefficient (Wildman–Crippen LogP) is 2.63. The number of hydrogen-bond acceptors (Lipinski definition) is 2. The fraction of sp³-hybridized carbons (Fsp3) is 0.500. The molecule has 0 saturated carbocycles. The maximum absolute atomic E-state index is 12.8. The summed E-state index contributed by atoms with van der Waals surface area (Å²) in [6, 6.07) is 4.79. The molecule has 1 aromatic carbocycles. The SMILES string of the molecule is CN(C)CCCNCc1ccc(F)cc1Br. The zero-order chi connectivity index (χ0) is 12.0. The molecule has 1 N–H and O–H groups in total. The molecule has 0 atom stereocenters. The van der Waals surface area contributed by atoms with Crippen LogP contribution < -0.4 is 5.32 Å². The van der Waals surface area contributed by atoms with Gasteiger partial charge >= 0.3 is 0 Å². The summed E-state index contributed by atoms with van der Waals surface area (Å²) in [4.78, 5) is 2.16. The van der Waals surface area contributed by atoms with Gasteiger partial charge in [0.2, 0.25) is 0 Å². The standard InChI is InChI=1S/C12H18BrFN2/c1-16(2)7-3-6-15-9-10-4-5-11(14)8-12(10)13/h4-5,8,15H,3,6-7,9H2,1-2H3. The van der Waals surface area contributed by atoms with Gasteiger partial charge in [0, 0.05) is 11.0 Å². The van der Waals surface area contributed by atoms with Gasteiger partial charge in [-0.05, 0) is 51.3 Å². The summed E-state index contributed by atoms with van der Waals surface area (Å²) < 4.78 is 13.6. The first-order valence-corrected chi connectivity index (χ1v) is 6.18. The molecular formula is C12H18BrFN2. The molecule has 0 spiro atoms. The third-order valence-corrected chi connectivity index (χ3v) is 3.03. The van der Waals surface area contributed by atoms with Crippen LogP contribution >= 0.6 is 15.9 Å². The highest BCUT2D eigenvalue weighted by Crippen LogP contribution is 2.17. The molecule has 90 valence electrons. The summed E-state index contributed by atoms with van der Waals surface area (Å²) in [5.41, 5.74) is 1.09. The Kier molecular flexibility index (Phi) is 5.95. The largest absolute Gasteiger partial charge is 0.313 e. The Morgan fingerprint density at radius 3 is 2.75 bits per heavy atom. The van der Waals surface area contributed by atoms with E-state index in [-0.39, 0.29) is 5.82 Å². The van der Waals surface area contributed by atoms with Crippen LogP contribution in [0.4, 0.5) is 4.39 Å². The van der Waals surface area contributed by atoms with Gasteiger partial charge in [-0.15, -0.1) is 0 Å². The van der Waals surface area contributed by atoms with Crippen molar-refractivity contribution in [2.75, 3.05) is 27.2 Å². The van der Waals surface area contributed by atoms with Crippen molar-refractivity contribution < 1.29 is 4.39 Å². The summed E-state index contributed by atoms with van der Waals surface area (Å²) in [6.45, 7) is 2.83. The number of rotatable bonds is 6. The zero-order valence-corrected chi connectivity index (χ0v) is 11.3. The van der Waals surface area contributed by atoms with Gasteiger partial charge in [0.05, 0.1) is 0 Å². The second kappa shape index (κ2) is 6.99.